The smallest absolute Gasteiger partial charge is 0.316 e. The lowest BCUT2D eigenvalue weighted by molar-refractivity contribution is -0.234. The van der Waals surface area contributed by atoms with E-state index in [1.807, 2.05) is 21.0 Å². The third-order valence-corrected chi connectivity index (χ3v) is 2.68. The van der Waals surface area contributed by atoms with E-state index in [2.05, 4.69) is 20.8 Å². The molecule has 0 heterocycles. The first-order chi connectivity index (χ1) is 7.01. The van der Waals surface area contributed by atoms with Crippen LogP contribution in [0.3, 0.4) is 0 Å². The average Bonchev–Trinajstić information content (AvgIpc) is 2.27. The maximum atomic E-state index is 10.9. The van der Waals surface area contributed by atoms with Gasteiger partial charge in [0.15, 0.2) is 0 Å². The van der Waals surface area contributed by atoms with Gasteiger partial charge in [0, 0.05) is 6.04 Å². The summed E-state index contributed by atoms with van der Waals surface area (Å²) in [6, 6.07) is -0.0606. The fourth-order valence-electron chi connectivity index (χ4n) is 1.34. The maximum Gasteiger partial charge on any atom is 0.343 e. The number of hydrogen-bond acceptors (Lipinski definition) is 6. The lowest BCUT2D eigenvalue weighted by Gasteiger charge is -2.32. The molecule has 6 heteroatoms. The Morgan fingerprint density at radius 3 is 2.27 bits per heavy atom. The molecule has 90 valence electrons. The quantitative estimate of drug-likeness (QED) is 0.263. The van der Waals surface area contributed by atoms with Crippen molar-refractivity contribution in [3.8, 4) is 0 Å². The summed E-state index contributed by atoms with van der Waals surface area (Å²) in [7, 11) is 5.45. The lowest BCUT2D eigenvalue weighted by atomic mass is 10.00. The van der Waals surface area contributed by atoms with Crippen molar-refractivity contribution in [3.63, 3.8) is 0 Å². The van der Waals surface area contributed by atoms with Crippen molar-refractivity contribution >= 4 is 5.97 Å². The highest BCUT2D eigenvalue weighted by Crippen LogP contribution is 2.10. The van der Waals surface area contributed by atoms with Crippen molar-refractivity contribution in [3.05, 3.63) is 0 Å². The van der Waals surface area contributed by atoms with Gasteiger partial charge < -0.3 is 20.8 Å². The normalized spacial score (nSPS) is 13.7. The van der Waals surface area contributed by atoms with Crippen molar-refractivity contribution in [1.82, 2.24) is 16.0 Å². The Morgan fingerprint density at radius 1 is 1.40 bits per heavy atom. The molecule has 15 heavy (non-hydrogen) atoms. The predicted octanol–water partition coefficient (Wildman–Crippen LogP) is -0.474. The van der Waals surface area contributed by atoms with Crippen molar-refractivity contribution in [2.24, 2.45) is 0 Å². The minimum atomic E-state index is -0.635. The molecule has 0 rings (SSSR count). The molecule has 0 aromatic heterocycles. The molecule has 0 radical (unpaired) electrons. The van der Waals surface area contributed by atoms with Gasteiger partial charge in [-0.25, -0.2) is 4.79 Å². The summed E-state index contributed by atoms with van der Waals surface area (Å²) >= 11 is 0. The van der Waals surface area contributed by atoms with Gasteiger partial charge in [0.2, 0.25) is 0 Å². The Labute approximate surface area is 90.3 Å². The van der Waals surface area contributed by atoms with Crippen molar-refractivity contribution in [1.29, 1.82) is 0 Å². The summed E-state index contributed by atoms with van der Waals surface area (Å²) in [6.45, 7) is 1.99. The van der Waals surface area contributed by atoms with Gasteiger partial charge in [-0.3, -0.25) is 0 Å². The summed E-state index contributed by atoms with van der Waals surface area (Å²) in [4.78, 5) is 14.5. The molecule has 6 nitrogen and oxygen atoms in total. The van der Waals surface area contributed by atoms with E-state index in [1.54, 1.807) is 7.05 Å². The largest absolute Gasteiger partial charge is 0.343 e. The molecule has 0 fully saturated rings. The van der Waals surface area contributed by atoms with Crippen LogP contribution >= 0.6 is 0 Å². The highest BCUT2D eigenvalue weighted by Gasteiger charge is 2.25. The molecular formula is C9H21N3O3. The molecule has 0 spiro atoms. The monoisotopic (exact) mass is 219 g/mol. The minimum absolute atomic E-state index is 0.0606. The molecule has 0 saturated carbocycles. The Hall–Kier alpha value is -0.690. The van der Waals surface area contributed by atoms with Crippen molar-refractivity contribution in [2.45, 2.75) is 31.5 Å². The van der Waals surface area contributed by atoms with Gasteiger partial charge in [-0.15, -0.1) is 0 Å². The highest BCUT2D eigenvalue weighted by atomic mass is 17.1. The van der Waals surface area contributed by atoms with Crippen LogP contribution < -0.4 is 16.0 Å². The lowest BCUT2D eigenvalue weighted by Crippen LogP contribution is -2.54. The number of rotatable bonds is 7. The molecule has 0 aliphatic rings. The molecule has 0 aliphatic carbocycles. The number of hydrogen-bond donors (Lipinski definition) is 4. The second kappa shape index (κ2) is 6.73. The van der Waals surface area contributed by atoms with E-state index in [0.29, 0.717) is 6.42 Å². The summed E-state index contributed by atoms with van der Waals surface area (Å²) in [5.41, 5.74) is -0.261. The minimum Gasteiger partial charge on any atom is -0.316 e. The number of nitrogens with one attached hydrogen (secondary N) is 3. The third kappa shape index (κ3) is 5.08. The Morgan fingerprint density at radius 2 is 1.93 bits per heavy atom. The zero-order valence-electron chi connectivity index (χ0n) is 9.76. The molecule has 0 saturated heterocycles. The zero-order chi connectivity index (χ0) is 11.9. The van der Waals surface area contributed by atoms with E-state index in [4.69, 9.17) is 5.26 Å². The number of carbonyl (C=O) groups is 1. The Kier molecular flexibility index (Phi) is 6.42. The second-order valence-electron chi connectivity index (χ2n) is 3.69. The van der Waals surface area contributed by atoms with Crippen LogP contribution in [0.15, 0.2) is 0 Å². The fourth-order valence-corrected chi connectivity index (χ4v) is 1.34. The van der Waals surface area contributed by atoms with Crippen LogP contribution in [0, 0.1) is 0 Å². The first-order valence-electron chi connectivity index (χ1n) is 4.90. The van der Waals surface area contributed by atoms with Gasteiger partial charge in [-0.05, 0) is 34.5 Å². The van der Waals surface area contributed by atoms with Gasteiger partial charge in [0.05, 0.1) is 12.1 Å². The van der Waals surface area contributed by atoms with Crippen LogP contribution in [0.4, 0.5) is 0 Å². The molecule has 1 unspecified atom stereocenters. The van der Waals surface area contributed by atoms with Gasteiger partial charge >= 0.3 is 5.97 Å². The summed E-state index contributed by atoms with van der Waals surface area (Å²) < 4.78 is 0. The van der Waals surface area contributed by atoms with Crippen molar-refractivity contribution in [2.75, 3.05) is 21.1 Å². The van der Waals surface area contributed by atoms with E-state index in [1.165, 1.54) is 0 Å². The zero-order valence-corrected chi connectivity index (χ0v) is 9.76. The summed E-state index contributed by atoms with van der Waals surface area (Å²) in [5, 5.41) is 17.4. The topological polar surface area (TPSA) is 82.6 Å². The molecule has 1 atom stereocenters. The van der Waals surface area contributed by atoms with Gasteiger partial charge in [-0.2, -0.15) is 5.26 Å². The van der Waals surface area contributed by atoms with E-state index in [-0.39, 0.29) is 18.1 Å². The standard InChI is InChI=1S/C9H21N3O3/c1-9(11-3,12-4)6-7(10-2)5-8(13)15-14/h7,10-12,14H,5-6H2,1-4H3. The summed E-state index contributed by atoms with van der Waals surface area (Å²) in [5.74, 6) is -0.635. The van der Waals surface area contributed by atoms with E-state index in [9.17, 15) is 4.79 Å². The highest BCUT2D eigenvalue weighted by molar-refractivity contribution is 5.69. The Bertz CT molecular complexity index is 195. The summed E-state index contributed by atoms with van der Waals surface area (Å²) in [6.07, 6.45) is 0.817. The van der Waals surface area contributed by atoms with Crippen LogP contribution in [-0.2, 0) is 9.68 Å². The molecule has 0 aromatic carbocycles. The molecule has 4 N–H and O–H groups in total. The predicted molar refractivity (Wildman–Crippen MR) is 57.3 cm³/mol. The van der Waals surface area contributed by atoms with Crippen LogP contribution in [0.25, 0.3) is 0 Å². The molecule has 0 aromatic rings. The fraction of sp³-hybridized carbons (Fsp3) is 0.889. The second-order valence-corrected chi connectivity index (χ2v) is 3.69. The number of carbonyl (C=O) groups excluding carboxylic acids is 1. The SMILES string of the molecule is CNC(CC(=O)OO)CC(C)(NC)NC. The molecular weight excluding hydrogens is 198 g/mol. The van der Waals surface area contributed by atoms with Crippen LogP contribution in [0.5, 0.6) is 0 Å². The maximum absolute atomic E-state index is 10.9. The van der Waals surface area contributed by atoms with Gasteiger partial charge in [0.1, 0.15) is 0 Å². The molecule has 0 amide bonds. The van der Waals surface area contributed by atoms with Crippen LogP contribution in [0.1, 0.15) is 19.8 Å². The first kappa shape index (κ1) is 14.3. The first-order valence-corrected chi connectivity index (χ1v) is 4.90. The van der Waals surface area contributed by atoms with E-state index in [0.717, 1.165) is 0 Å². The average molecular weight is 219 g/mol. The van der Waals surface area contributed by atoms with Crippen LogP contribution in [0.2, 0.25) is 0 Å². The molecule has 0 aliphatic heterocycles. The van der Waals surface area contributed by atoms with Gasteiger partial charge in [0.25, 0.3) is 0 Å². The van der Waals surface area contributed by atoms with Crippen LogP contribution in [-0.4, -0.2) is 44.1 Å². The van der Waals surface area contributed by atoms with Crippen molar-refractivity contribution < 1.29 is 14.9 Å². The Balaban J connectivity index is 4.24. The molecule has 0 bridgehead atoms. The van der Waals surface area contributed by atoms with E-state index >= 15 is 0 Å². The van der Waals surface area contributed by atoms with Gasteiger partial charge in [-0.1, -0.05) is 0 Å². The van der Waals surface area contributed by atoms with E-state index < -0.39 is 5.97 Å². The third-order valence-electron chi connectivity index (χ3n) is 2.68.